The van der Waals surface area contributed by atoms with Gasteiger partial charge in [-0.3, -0.25) is 9.69 Å². The van der Waals surface area contributed by atoms with E-state index in [-0.39, 0.29) is 24.0 Å². The minimum absolute atomic E-state index is 0.0141. The first kappa shape index (κ1) is 14.9. The number of piperidine rings is 1. The average Bonchev–Trinajstić information content (AvgIpc) is 2.47. The number of esters is 1. The van der Waals surface area contributed by atoms with E-state index in [0.717, 1.165) is 6.42 Å². The summed E-state index contributed by atoms with van der Waals surface area (Å²) in [6.45, 7) is 0.579. The van der Waals surface area contributed by atoms with Gasteiger partial charge in [-0.25, -0.2) is 0 Å². The molecule has 0 aromatic heterocycles. The topological polar surface area (TPSA) is 29.5 Å². The van der Waals surface area contributed by atoms with Crippen molar-refractivity contribution in [3.05, 3.63) is 35.9 Å². The minimum Gasteiger partial charge on any atom is -0.469 e. The number of hydrogen-bond donors (Lipinski definition) is 0. The summed E-state index contributed by atoms with van der Waals surface area (Å²) in [5, 5.41) is 0. The lowest BCUT2D eigenvalue weighted by atomic mass is 9.97. The Hall–Kier alpha value is -1.49. The van der Waals surface area contributed by atoms with Crippen LogP contribution in [0.25, 0.3) is 0 Å². The first-order valence-corrected chi connectivity index (χ1v) is 6.76. The molecule has 0 aliphatic carbocycles. The van der Waals surface area contributed by atoms with Gasteiger partial charge in [-0.15, -0.1) is 0 Å². The molecule has 1 aromatic carbocycles. The van der Waals surface area contributed by atoms with Crippen molar-refractivity contribution in [3.8, 4) is 0 Å². The number of carbonyl (C=O) groups excluding carboxylic acids is 1. The number of ether oxygens (including phenoxy) is 1. The Bertz CT molecular complexity index is 450. The molecule has 0 bridgehead atoms. The van der Waals surface area contributed by atoms with E-state index >= 15 is 0 Å². The number of methoxy groups -OCH3 is 1. The van der Waals surface area contributed by atoms with E-state index < -0.39 is 5.92 Å². The second-order valence-electron chi connectivity index (χ2n) is 5.17. The van der Waals surface area contributed by atoms with Gasteiger partial charge in [-0.2, -0.15) is 8.78 Å². The van der Waals surface area contributed by atoms with Gasteiger partial charge in [0.2, 0.25) is 0 Å². The summed E-state index contributed by atoms with van der Waals surface area (Å²) >= 11 is 0. The first-order chi connectivity index (χ1) is 9.53. The summed E-state index contributed by atoms with van der Waals surface area (Å²) in [5.74, 6) is -3.50. The van der Waals surface area contributed by atoms with Crippen LogP contribution in [-0.2, 0) is 15.5 Å². The van der Waals surface area contributed by atoms with Crippen LogP contribution in [0, 0.1) is 5.92 Å². The van der Waals surface area contributed by atoms with Gasteiger partial charge in [0.25, 0.3) is 5.92 Å². The van der Waals surface area contributed by atoms with Crippen LogP contribution < -0.4 is 0 Å². The van der Waals surface area contributed by atoms with E-state index in [9.17, 15) is 13.6 Å². The molecule has 5 heteroatoms. The van der Waals surface area contributed by atoms with Crippen molar-refractivity contribution in [2.75, 3.05) is 26.7 Å². The van der Waals surface area contributed by atoms with Crippen molar-refractivity contribution in [2.24, 2.45) is 5.92 Å². The fourth-order valence-corrected chi connectivity index (χ4v) is 2.61. The molecule has 20 heavy (non-hydrogen) atoms. The molecular weight excluding hydrogens is 264 g/mol. The van der Waals surface area contributed by atoms with Gasteiger partial charge >= 0.3 is 5.97 Å². The molecule has 0 radical (unpaired) electrons. The first-order valence-electron chi connectivity index (χ1n) is 6.76. The fourth-order valence-electron chi connectivity index (χ4n) is 2.61. The third-order valence-corrected chi connectivity index (χ3v) is 3.66. The third-order valence-electron chi connectivity index (χ3n) is 3.66. The molecule has 0 amide bonds. The van der Waals surface area contributed by atoms with E-state index in [2.05, 4.69) is 0 Å². The van der Waals surface area contributed by atoms with Crippen LogP contribution in [0.15, 0.2) is 30.3 Å². The highest BCUT2D eigenvalue weighted by molar-refractivity contribution is 5.72. The summed E-state index contributed by atoms with van der Waals surface area (Å²) < 4.78 is 33.1. The number of rotatable bonds is 4. The molecule has 1 aromatic rings. The van der Waals surface area contributed by atoms with Crippen molar-refractivity contribution >= 4 is 5.97 Å². The molecule has 1 fully saturated rings. The molecule has 1 aliphatic rings. The van der Waals surface area contributed by atoms with Crippen molar-refractivity contribution in [3.63, 3.8) is 0 Å². The average molecular weight is 283 g/mol. The number of carbonyl (C=O) groups is 1. The molecular formula is C15H19F2NO2. The monoisotopic (exact) mass is 283 g/mol. The zero-order valence-corrected chi connectivity index (χ0v) is 11.5. The van der Waals surface area contributed by atoms with E-state index in [1.807, 2.05) is 0 Å². The smallest absolute Gasteiger partial charge is 0.309 e. The van der Waals surface area contributed by atoms with Crippen LogP contribution in [0.4, 0.5) is 8.78 Å². The largest absolute Gasteiger partial charge is 0.469 e. The summed E-state index contributed by atoms with van der Waals surface area (Å²) in [6.07, 6.45) is 1.45. The summed E-state index contributed by atoms with van der Waals surface area (Å²) in [6, 6.07) is 7.80. The number of halogens is 2. The SMILES string of the molecule is COC(=O)[C@H]1CCCN(CC(F)(F)c2ccccc2)C1. The maximum atomic E-state index is 14.2. The molecule has 1 saturated heterocycles. The lowest BCUT2D eigenvalue weighted by molar-refractivity contribution is -0.148. The predicted molar refractivity (Wildman–Crippen MR) is 71.5 cm³/mol. The highest BCUT2D eigenvalue weighted by Crippen LogP contribution is 2.30. The number of nitrogens with zero attached hydrogens (tertiary/aromatic N) is 1. The highest BCUT2D eigenvalue weighted by atomic mass is 19.3. The Morgan fingerprint density at radius 1 is 1.40 bits per heavy atom. The molecule has 0 unspecified atom stereocenters. The number of hydrogen-bond acceptors (Lipinski definition) is 3. The Morgan fingerprint density at radius 3 is 2.75 bits per heavy atom. The molecule has 0 spiro atoms. The van der Waals surface area contributed by atoms with E-state index in [1.54, 1.807) is 23.1 Å². The molecule has 1 aliphatic heterocycles. The molecule has 1 heterocycles. The molecule has 0 N–H and O–H groups in total. The lowest BCUT2D eigenvalue weighted by Gasteiger charge is -2.33. The summed E-state index contributed by atoms with van der Waals surface area (Å²) in [5.41, 5.74) is 0.0141. The number of benzene rings is 1. The van der Waals surface area contributed by atoms with Gasteiger partial charge in [0.15, 0.2) is 0 Å². The maximum Gasteiger partial charge on any atom is 0.309 e. The summed E-state index contributed by atoms with van der Waals surface area (Å²) in [7, 11) is 1.33. The van der Waals surface area contributed by atoms with Gasteiger partial charge in [0.1, 0.15) is 0 Å². The Kier molecular flexibility index (Phi) is 4.70. The maximum absolute atomic E-state index is 14.2. The second kappa shape index (κ2) is 6.31. The van der Waals surface area contributed by atoms with Crippen LogP contribution in [0.5, 0.6) is 0 Å². The normalized spacial score (nSPS) is 20.6. The van der Waals surface area contributed by atoms with Gasteiger partial charge < -0.3 is 4.74 Å². The molecule has 2 rings (SSSR count). The van der Waals surface area contributed by atoms with E-state index in [0.29, 0.717) is 19.5 Å². The fraction of sp³-hybridized carbons (Fsp3) is 0.533. The molecule has 1 atom stereocenters. The van der Waals surface area contributed by atoms with Crippen molar-refractivity contribution < 1.29 is 18.3 Å². The standard InChI is InChI=1S/C15H19F2NO2/c1-20-14(19)12-6-5-9-18(10-12)11-15(16,17)13-7-3-2-4-8-13/h2-4,7-8,12H,5-6,9-11H2,1H3/t12-/m0/s1. The second-order valence-corrected chi connectivity index (χ2v) is 5.17. The zero-order valence-electron chi connectivity index (χ0n) is 11.5. The third kappa shape index (κ3) is 3.54. The van der Waals surface area contributed by atoms with Crippen molar-refractivity contribution in [1.82, 2.24) is 4.90 Å². The molecule has 0 saturated carbocycles. The van der Waals surface area contributed by atoms with Crippen LogP contribution >= 0.6 is 0 Å². The Labute approximate surface area is 117 Å². The van der Waals surface area contributed by atoms with Crippen LogP contribution in [0.1, 0.15) is 18.4 Å². The molecule has 110 valence electrons. The van der Waals surface area contributed by atoms with Gasteiger partial charge in [0, 0.05) is 12.1 Å². The highest BCUT2D eigenvalue weighted by Gasteiger charge is 2.36. The van der Waals surface area contributed by atoms with Gasteiger partial charge in [-0.05, 0) is 19.4 Å². The predicted octanol–water partition coefficient (Wildman–Crippen LogP) is 2.66. The number of alkyl halides is 2. The zero-order chi connectivity index (χ0) is 14.6. The molecule has 3 nitrogen and oxygen atoms in total. The van der Waals surface area contributed by atoms with E-state index in [4.69, 9.17) is 4.74 Å². The van der Waals surface area contributed by atoms with Crippen molar-refractivity contribution in [1.29, 1.82) is 0 Å². The van der Waals surface area contributed by atoms with Crippen LogP contribution in [-0.4, -0.2) is 37.6 Å². The Balaban J connectivity index is 2.00. The van der Waals surface area contributed by atoms with Gasteiger partial charge in [-0.1, -0.05) is 30.3 Å². The lowest BCUT2D eigenvalue weighted by Crippen LogP contribution is -2.44. The quantitative estimate of drug-likeness (QED) is 0.796. The van der Waals surface area contributed by atoms with Gasteiger partial charge in [0.05, 0.1) is 19.6 Å². The van der Waals surface area contributed by atoms with Crippen LogP contribution in [0.2, 0.25) is 0 Å². The van der Waals surface area contributed by atoms with Crippen LogP contribution in [0.3, 0.4) is 0 Å². The summed E-state index contributed by atoms with van der Waals surface area (Å²) in [4.78, 5) is 13.2. The number of likely N-dealkylation sites (tertiary alicyclic amines) is 1. The Morgan fingerprint density at radius 2 is 2.10 bits per heavy atom. The van der Waals surface area contributed by atoms with E-state index in [1.165, 1.54) is 19.2 Å². The van der Waals surface area contributed by atoms with Crippen molar-refractivity contribution in [2.45, 2.75) is 18.8 Å². The minimum atomic E-state index is -2.90.